The summed E-state index contributed by atoms with van der Waals surface area (Å²) < 4.78 is 12.7. The van der Waals surface area contributed by atoms with Crippen molar-refractivity contribution < 1.29 is 14.3 Å². The van der Waals surface area contributed by atoms with Gasteiger partial charge < -0.3 is 5.11 Å². The van der Waals surface area contributed by atoms with Crippen molar-refractivity contribution in [1.82, 2.24) is 9.88 Å². The number of rotatable bonds is 5. The van der Waals surface area contributed by atoms with Gasteiger partial charge in [0.2, 0.25) is 0 Å². The highest BCUT2D eigenvalue weighted by molar-refractivity contribution is 5.94. The minimum atomic E-state index is -0.440. The molecule has 2 rings (SSSR count). The number of carbonyl (C=O) groups is 1. The Labute approximate surface area is 112 Å². The van der Waals surface area contributed by atoms with Crippen LogP contribution in [-0.4, -0.2) is 46.5 Å². The monoisotopic (exact) mass is 266 g/mol. The summed E-state index contributed by atoms with van der Waals surface area (Å²) >= 11 is 0. The molecule has 2 atom stereocenters. The van der Waals surface area contributed by atoms with Crippen LogP contribution in [0.15, 0.2) is 18.3 Å². The first-order chi connectivity index (χ1) is 9.11. The Hall–Kier alpha value is -1.33. The average molecular weight is 266 g/mol. The molecule has 1 aromatic rings. The van der Waals surface area contributed by atoms with Crippen molar-refractivity contribution in [1.29, 1.82) is 0 Å². The van der Waals surface area contributed by atoms with Gasteiger partial charge in [-0.25, -0.2) is 4.39 Å². The van der Waals surface area contributed by atoms with Crippen LogP contribution in [0.1, 0.15) is 30.3 Å². The van der Waals surface area contributed by atoms with Crippen LogP contribution in [0.25, 0.3) is 0 Å². The standard InChI is InChI=1S/C14H19FN2O2/c1-10-4-6-17(13(10)9-18)7-5-14(19)12-3-2-11(15)8-16-12/h2-3,8,10,13,18H,4-7,9H2,1H3. The van der Waals surface area contributed by atoms with Crippen molar-refractivity contribution in [3.05, 3.63) is 29.8 Å². The highest BCUT2D eigenvalue weighted by atomic mass is 19.1. The summed E-state index contributed by atoms with van der Waals surface area (Å²) in [4.78, 5) is 17.8. The Balaban J connectivity index is 1.88. The number of aromatic nitrogens is 1. The van der Waals surface area contributed by atoms with E-state index in [0.717, 1.165) is 19.2 Å². The predicted molar refractivity (Wildman–Crippen MR) is 69.4 cm³/mol. The number of Topliss-reactive ketones (excluding diaryl/α,β-unsaturated/α-hetero) is 1. The first-order valence-electron chi connectivity index (χ1n) is 6.61. The van der Waals surface area contributed by atoms with Gasteiger partial charge in [0.05, 0.1) is 12.8 Å². The SMILES string of the molecule is CC1CCN(CCC(=O)c2ccc(F)cn2)C1CO. The number of halogens is 1. The third-order valence-corrected chi connectivity index (χ3v) is 3.82. The van der Waals surface area contributed by atoms with E-state index >= 15 is 0 Å². The largest absolute Gasteiger partial charge is 0.395 e. The number of aliphatic hydroxyl groups excluding tert-OH is 1. The van der Waals surface area contributed by atoms with Gasteiger partial charge in [0.1, 0.15) is 11.5 Å². The Kier molecular flexibility index (Phi) is 4.61. The van der Waals surface area contributed by atoms with E-state index in [1.807, 2.05) is 0 Å². The van der Waals surface area contributed by atoms with E-state index in [9.17, 15) is 14.3 Å². The lowest BCUT2D eigenvalue weighted by molar-refractivity contribution is 0.0929. The number of hydrogen-bond donors (Lipinski definition) is 1. The Morgan fingerprint density at radius 1 is 1.58 bits per heavy atom. The van der Waals surface area contributed by atoms with Crippen molar-refractivity contribution >= 4 is 5.78 Å². The van der Waals surface area contributed by atoms with Gasteiger partial charge in [0.25, 0.3) is 0 Å². The van der Waals surface area contributed by atoms with E-state index in [1.54, 1.807) is 0 Å². The van der Waals surface area contributed by atoms with Gasteiger partial charge in [-0.1, -0.05) is 6.92 Å². The lowest BCUT2D eigenvalue weighted by Crippen LogP contribution is -2.36. The van der Waals surface area contributed by atoms with Crippen molar-refractivity contribution in [2.75, 3.05) is 19.7 Å². The lowest BCUT2D eigenvalue weighted by Gasteiger charge is -2.24. The molecule has 4 nitrogen and oxygen atoms in total. The minimum Gasteiger partial charge on any atom is -0.395 e. The molecule has 2 unspecified atom stereocenters. The summed E-state index contributed by atoms with van der Waals surface area (Å²) in [6.45, 7) is 3.78. The molecule has 0 amide bonds. The molecule has 104 valence electrons. The zero-order valence-electron chi connectivity index (χ0n) is 11.1. The van der Waals surface area contributed by atoms with Crippen molar-refractivity contribution in [3.63, 3.8) is 0 Å². The fraction of sp³-hybridized carbons (Fsp3) is 0.571. The van der Waals surface area contributed by atoms with Gasteiger partial charge in [-0.15, -0.1) is 0 Å². The highest BCUT2D eigenvalue weighted by Crippen LogP contribution is 2.23. The third kappa shape index (κ3) is 3.36. The maximum atomic E-state index is 12.7. The second-order valence-corrected chi connectivity index (χ2v) is 5.09. The summed E-state index contributed by atoms with van der Waals surface area (Å²) in [5.74, 6) is -0.0643. The first-order valence-corrected chi connectivity index (χ1v) is 6.61. The molecular weight excluding hydrogens is 247 g/mol. The van der Waals surface area contributed by atoms with Gasteiger partial charge >= 0.3 is 0 Å². The van der Waals surface area contributed by atoms with Crippen LogP contribution in [0.3, 0.4) is 0 Å². The molecule has 5 heteroatoms. The molecule has 0 spiro atoms. The predicted octanol–water partition coefficient (Wildman–Crippen LogP) is 1.50. The van der Waals surface area contributed by atoms with Gasteiger partial charge in [-0.05, 0) is 31.0 Å². The van der Waals surface area contributed by atoms with Crippen LogP contribution in [0.5, 0.6) is 0 Å². The molecule has 1 N–H and O–H groups in total. The van der Waals surface area contributed by atoms with Crippen LogP contribution in [-0.2, 0) is 0 Å². The summed E-state index contributed by atoms with van der Waals surface area (Å²) in [7, 11) is 0. The van der Waals surface area contributed by atoms with E-state index in [0.29, 0.717) is 24.6 Å². The van der Waals surface area contributed by atoms with Crippen molar-refractivity contribution in [3.8, 4) is 0 Å². The molecule has 0 aliphatic carbocycles. The van der Waals surface area contributed by atoms with Gasteiger partial charge in [-0.2, -0.15) is 0 Å². The Morgan fingerprint density at radius 2 is 2.37 bits per heavy atom. The Morgan fingerprint density at radius 3 is 3.00 bits per heavy atom. The van der Waals surface area contributed by atoms with E-state index in [-0.39, 0.29) is 18.4 Å². The summed E-state index contributed by atoms with van der Waals surface area (Å²) in [6.07, 6.45) is 2.46. The quantitative estimate of drug-likeness (QED) is 0.821. The fourth-order valence-corrected chi connectivity index (χ4v) is 2.57. The van der Waals surface area contributed by atoms with Crippen molar-refractivity contribution in [2.24, 2.45) is 5.92 Å². The number of hydrogen-bond acceptors (Lipinski definition) is 4. The number of pyridine rings is 1. The molecule has 1 aliphatic rings. The molecule has 1 saturated heterocycles. The molecule has 0 bridgehead atoms. The molecule has 1 aliphatic heterocycles. The van der Waals surface area contributed by atoms with Crippen LogP contribution in [0.4, 0.5) is 4.39 Å². The molecule has 0 aromatic carbocycles. The lowest BCUT2D eigenvalue weighted by atomic mass is 10.0. The van der Waals surface area contributed by atoms with E-state index in [2.05, 4.69) is 16.8 Å². The molecular formula is C14H19FN2O2. The molecule has 0 radical (unpaired) electrons. The van der Waals surface area contributed by atoms with Crippen LogP contribution in [0, 0.1) is 11.7 Å². The fourth-order valence-electron chi connectivity index (χ4n) is 2.57. The molecule has 0 saturated carbocycles. The topological polar surface area (TPSA) is 53.4 Å². The van der Waals surface area contributed by atoms with Gasteiger partial charge in [-0.3, -0.25) is 14.7 Å². The van der Waals surface area contributed by atoms with E-state index < -0.39 is 5.82 Å². The third-order valence-electron chi connectivity index (χ3n) is 3.82. The summed E-state index contributed by atoms with van der Waals surface area (Å²) in [6, 6.07) is 2.80. The molecule has 2 heterocycles. The smallest absolute Gasteiger partial charge is 0.182 e. The number of carbonyl (C=O) groups excluding carboxylic acids is 1. The molecule has 19 heavy (non-hydrogen) atoms. The highest BCUT2D eigenvalue weighted by Gasteiger charge is 2.30. The number of aliphatic hydroxyl groups is 1. The number of likely N-dealkylation sites (tertiary alicyclic amines) is 1. The Bertz CT molecular complexity index is 436. The van der Waals surface area contributed by atoms with Crippen LogP contribution < -0.4 is 0 Å². The van der Waals surface area contributed by atoms with Gasteiger partial charge in [0, 0.05) is 19.0 Å². The maximum Gasteiger partial charge on any atom is 0.182 e. The first kappa shape index (κ1) is 14.1. The number of ketones is 1. The number of nitrogens with zero attached hydrogens (tertiary/aromatic N) is 2. The zero-order valence-corrected chi connectivity index (χ0v) is 11.1. The summed E-state index contributed by atoms with van der Waals surface area (Å²) in [5, 5.41) is 9.34. The van der Waals surface area contributed by atoms with E-state index in [4.69, 9.17) is 0 Å². The van der Waals surface area contributed by atoms with Gasteiger partial charge in [0.15, 0.2) is 5.78 Å². The van der Waals surface area contributed by atoms with Crippen LogP contribution >= 0.6 is 0 Å². The average Bonchev–Trinajstić information content (AvgIpc) is 2.77. The van der Waals surface area contributed by atoms with E-state index in [1.165, 1.54) is 12.1 Å². The minimum absolute atomic E-state index is 0.0868. The molecule has 1 fully saturated rings. The summed E-state index contributed by atoms with van der Waals surface area (Å²) in [5.41, 5.74) is 0.300. The molecule has 1 aromatic heterocycles. The maximum absolute atomic E-state index is 12.7. The normalized spacial score (nSPS) is 23.7. The zero-order chi connectivity index (χ0) is 13.8. The second-order valence-electron chi connectivity index (χ2n) is 5.09. The second kappa shape index (κ2) is 6.21. The van der Waals surface area contributed by atoms with Crippen LogP contribution in [0.2, 0.25) is 0 Å². The van der Waals surface area contributed by atoms with Crippen molar-refractivity contribution in [2.45, 2.75) is 25.8 Å².